The summed E-state index contributed by atoms with van der Waals surface area (Å²) < 4.78 is 0. The summed E-state index contributed by atoms with van der Waals surface area (Å²) in [6, 6.07) is 34.9. The second-order valence-corrected chi connectivity index (χ2v) is 11.2. The first kappa shape index (κ1) is 26.2. The van der Waals surface area contributed by atoms with Gasteiger partial charge in [0.25, 0.3) is 0 Å². The summed E-state index contributed by atoms with van der Waals surface area (Å²) in [6.45, 7) is 6.58. The van der Waals surface area contributed by atoms with Crippen molar-refractivity contribution in [3.63, 3.8) is 0 Å². The van der Waals surface area contributed by atoms with Crippen LogP contribution in [0.5, 0.6) is 0 Å². The largest absolute Gasteiger partial charge is 0.504 e. The maximum absolute atomic E-state index is 3.84. The van der Waals surface area contributed by atoms with Gasteiger partial charge in [-0.25, -0.2) is 0 Å². The Morgan fingerprint density at radius 2 is 0.976 bits per heavy atom. The molecule has 0 N–H and O–H groups in total. The second-order valence-electron chi connectivity index (χ2n) is 11.2. The number of rotatable bonds is 3. The number of piperidine rings is 1. The zero-order chi connectivity index (χ0) is 26.8. The van der Waals surface area contributed by atoms with E-state index in [4.69, 9.17) is 0 Å². The van der Waals surface area contributed by atoms with Crippen molar-refractivity contribution in [3.8, 4) is 0 Å². The van der Waals surface area contributed by atoms with Gasteiger partial charge >= 0.3 is 0 Å². The maximum atomic E-state index is 3.84. The number of benzene rings is 5. The average Bonchev–Trinajstić information content (AvgIpc) is 3.50. The molecule has 0 aliphatic carbocycles. The van der Waals surface area contributed by atoms with Gasteiger partial charge in [-0.15, -0.1) is 29.6 Å². The van der Waals surface area contributed by atoms with Gasteiger partial charge in [0.1, 0.15) is 0 Å². The number of fused-ring (bicyclic) bond motifs is 4. The molecule has 3 heterocycles. The fourth-order valence-electron chi connectivity index (χ4n) is 6.48. The number of hydrogen-bond donors (Lipinski definition) is 0. The van der Waals surface area contributed by atoms with Crippen LogP contribution in [-0.2, 0) is 19.8 Å². The molecule has 6 heteroatoms. The van der Waals surface area contributed by atoms with Crippen molar-refractivity contribution in [2.24, 2.45) is 0 Å². The Bertz CT molecular complexity index is 1640. The fraction of sp³-hybridized carbons (Fsp3) is 0.200. The second kappa shape index (κ2) is 10.3. The van der Waals surface area contributed by atoms with E-state index in [9.17, 15) is 0 Å². The van der Waals surface area contributed by atoms with E-state index >= 15 is 0 Å². The molecule has 0 saturated carbocycles. The minimum absolute atomic E-state index is 0. The normalized spacial score (nSPS) is 16.4. The van der Waals surface area contributed by atoms with E-state index in [0.717, 1.165) is 24.5 Å². The van der Waals surface area contributed by atoms with Crippen LogP contribution in [0.2, 0.25) is 0 Å². The van der Waals surface area contributed by atoms with Crippen LogP contribution in [0, 0.1) is 19.4 Å². The third-order valence-corrected chi connectivity index (χ3v) is 8.61. The Morgan fingerprint density at radius 1 is 0.561 bits per heavy atom. The first-order valence-electron chi connectivity index (χ1n) is 14.2. The van der Waals surface area contributed by atoms with E-state index in [1.54, 1.807) is 0 Å². The summed E-state index contributed by atoms with van der Waals surface area (Å²) >= 11 is 0. The Morgan fingerprint density at radius 3 is 1.41 bits per heavy atom. The molecular formula is C35H32N5Os-3. The van der Waals surface area contributed by atoms with Crippen LogP contribution < -0.4 is 24.5 Å². The van der Waals surface area contributed by atoms with Crippen LogP contribution in [0.15, 0.2) is 84.9 Å². The van der Waals surface area contributed by atoms with E-state index in [1.807, 2.05) is 0 Å². The van der Waals surface area contributed by atoms with Gasteiger partial charge in [-0.2, -0.15) is 13.3 Å². The third kappa shape index (κ3) is 4.41. The molecule has 1 fully saturated rings. The van der Waals surface area contributed by atoms with Crippen molar-refractivity contribution < 1.29 is 19.8 Å². The van der Waals surface area contributed by atoms with Gasteiger partial charge in [-0.3, -0.25) is 0 Å². The standard InChI is InChI=1S/C35H32N5.Os/c1-36-23-39(34-18-27-12-6-4-10-25(27)16-32(34)36)30-20-29(38-14-8-3-9-15-38)21-31(22-30)40-24-37(2)33-17-26-11-5-7-13-28(26)19-35(33)40;/h4-7,10-13,16-21,23-24H,3,8-9,14-15H2,1-2H3;/q-3;. The molecule has 41 heavy (non-hydrogen) atoms. The number of hydrogen-bond acceptors (Lipinski definition) is 5. The van der Waals surface area contributed by atoms with E-state index in [2.05, 4.69) is 143 Å². The molecule has 5 nitrogen and oxygen atoms in total. The van der Waals surface area contributed by atoms with Crippen molar-refractivity contribution in [1.82, 2.24) is 0 Å². The summed E-state index contributed by atoms with van der Waals surface area (Å²) in [5.41, 5.74) is 8.18. The van der Waals surface area contributed by atoms with Crippen LogP contribution in [0.3, 0.4) is 0 Å². The Hall–Kier alpha value is -3.74. The van der Waals surface area contributed by atoms with E-state index in [-0.39, 0.29) is 19.8 Å². The summed E-state index contributed by atoms with van der Waals surface area (Å²) in [5, 5.41) is 5.01. The molecule has 0 spiro atoms. The Kier molecular flexibility index (Phi) is 6.55. The monoisotopic (exact) mass is 714 g/mol. The minimum atomic E-state index is 0. The molecule has 5 aromatic rings. The molecule has 3 aliphatic heterocycles. The minimum Gasteiger partial charge on any atom is -0.504 e. The molecule has 8 rings (SSSR count). The topological polar surface area (TPSA) is 16.2 Å². The molecule has 5 aromatic carbocycles. The third-order valence-electron chi connectivity index (χ3n) is 8.61. The molecule has 3 aliphatic rings. The van der Waals surface area contributed by atoms with E-state index in [1.165, 1.54) is 69.2 Å². The quantitative estimate of drug-likeness (QED) is 0.175. The first-order chi connectivity index (χ1) is 19.6. The van der Waals surface area contributed by atoms with Crippen LogP contribution >= 0.6 is 0 Å². The van der Waals surface area contributed by atoms with Crippen molar-refractivity contribution >= 4 is 61.4 Å². The van der Waals surface area contributed by atoms with Gasteiger partial charge in [0.2, 0.25) is 0 Å². The first-order valence-corrected chi connectivity index (χ1v) is 14.2. The molecule has 0 unspecified atom stereocenters. The van der Waals surface area contributed by atoms with Crippen LogP contribution in [0.25, 0.3) is 21.5 Å². The van der Waals surface area contributed by atoms with E-state index in [0.29, 0.717) is 0 Å². The van der Waals surface area contributed by atoms with Gasteiger partial charge in [-0.05, 0) is 79.2 Å². The summed E-state index contributed by atoms with van der Waals surface area (Å²) in [4.78, 5) is 11.6. The number of nitrogens with zero attached hydrogens (tertiary/aromatic N) is 5. The van der Waals surface area contributed by atoms with Crippen LogP contribution in [0.4, 0.5) is 39.8 Å². The average molecular weight is 713 g/mol. The molecule has 208 valence electrons. The van der Waals surface area contributed by atoms with Gasteiger partial charge < -0.3 is 24.5 Å². The summed E-state index contributed by atoms with van der Waals surface area (Å²) in [6.07, 6.45) is 3.79. The Balaban J connectivity index is 0.00000276. The molecule has 0 bridgehead atoms. The zero-order valence-corrected chi connectivity index (χ0v) is 25.9. The van der Waals surface area contributed by atoms with Crippen molar-refractivity contribution in [1.29, 1.82) is 0 Å². The van der Waals surface area contributed by atoms with Gasteiger partial charge in [0.05, 0.1) is 0 Å². The molecule has 1 saturated heterocycles. The van der Waals surface area contributed by atoms with Crippen molar-refractivity contribution in [2.45, 2.75) is 19.3 Å². The molecule has 0 atom stereocenters. The maximum Gasteiger partial charge on any atom is 0.0332 e. The van der Waals surface area contributed by atoms with Crippen LogP contribution in [-0.4, -0.2) is 27.2 Å². The smallest absolute Gasteiger partial charge is 0.0332 e. The Labute approximate surface area is 255 Å². The molecule has 0 amide bonds. The molecule has 0 aromatic heterocycles. The predicted molar refractivity (Wildman–Crippen MR) is 169 cm³/mol. The SMILES string of the molecule is CN1[CH-]N(c2[c-]c(N3[CH-]N(C)c4cc5ccccc5cc43)cc(N3CCCCC3)c2)c2cc3ccccc3cc21.[Os]. The van der Waals surface area contributed by atoms with Gasteiger partial charge in [-0.1, -0.05) is 54.2 Å². The summed E-state index contributed by atoms with van der Waals surface area (Å²) in [7, 11) is 4.27. The summed E-state index contributed by atoms with van der Waals surface area (Å²) in [5.74, 6) is 0. The van der Waals surface area contributed by atoms with Crippen molar-refractivity contribution in [2.75, 3.05) is 51.7 Å². The van der Waals surface area contributed by atoms with Gasteiger partial charge in [0.15, 0.2) is 0 Å². The zero-order valence-electron chi connectivity index (χ0n) is 23.4. The van der Waals surface area contributed by atoms with E-state index < -0.39 is 0 Å². The van der Waals surface area contributed by atoms with Crippen molar-refractivity contribution in [3.05, 3.63) is 104 Å². The van der Waals surface area contributed by atoms with Gasteiger partial charge in [0, 0.05) is 55.6 Å². The molecule has 0 radical (unpaired) electrons. The fourth-order valence-corrected chi connectivity index (χ4v) is 6.48. The number of anilines is 7. The van der Waals surface area contributed by atoms with Crippen LogP contribution in [0.1, 0.15) is 19.3 Å². The molecular weight excluding hydrogens is 681 g/mol. The predicted octanol–water partition coefficient (Wildman–Crippen LogP) is 8.20.